The van der Waals surface area contributed by atoms with Gasteiger partial charge < -0.3 is 14.6 Å². The number of esters is 1. The summed E-state index contributed by atoms with van der Waals surface area (Å²) in [5.41, 5.74) is 2.00. The van der Waals surface area contributed by atoms with Crippen molar-refractivity contribution in [1.82, 2.24) is 4.57 Å². The van der Waals surface area contributed by atoms with Crippen molar-refractivity contribution >= 4 is 17.6 Å². The zero-order valence-corrected chi connectivity index (χ0v) is 15.6. The fourth-order valence-corrected chi connectivity index (χ4v) is 2.71. The largest absolute Gasteiger partial charge is 0.465 e. The van der Waals surface area contributed by atoms with Crippen LogP contribution in [0, 0.1) is 13.8 Å². The number of hydrogen-bond acceptors (Lipinski definition) is 4. The van der Waals surface area contributed by atoms with Crippen LogP contribution in [0.4, 0.5) is 5.69 Å². The SMILES string of the molecule is CCCCn1c(C)c(C)cc(C(=O)Nc2ccccc2C(=O)OC)c1=O. The molecule has 0 atom stereocenters. The van der Waals surface area contributed by atoms with Crippen LogP contribution in [0.3, 0.4) is 0 Å². The molecule has 2 aromatic rings. The van der Waals surface area contributed by atoms with Crippen molar-refractivity contribution in [3.63, 3.8) is 0 Å². The van der Waals surface area contributed by atoms with E-state index in [1.54, 1.807) is 34.9 Å². The maximum Gasteiger partial charge on any atom is 0.339 e. The highest BCUT2D eigenvalue weighted by atomic mass is 16.5. The van der Waals surface area contributed by atoms with Gasteiger partial charge in [-0.3, -0.25) is 9.59 Å². The van der Waals surface area contributed by atoms with Gasteiger partial charge >= 0.3 is 5.97 Å². The van der Waals surface area contributed by atoms with Crippen molar-refractivity contribution in [3.8, 4) is 0 Å². The summed E-state index contributed by atoms with van der Waals surface area (Å²) in [6, 6.07) is 8.12. The van der Waals surface area contributed by atoms with Gasteiger partial charge in [0.25, 0.3) is 11.5 Å². The molecule has 1 amide bonds. The van der Waals surface area contributed by atoms with E-state index in [4.69, 9.17) is 4.74 Å². The Morgan fingerprint density at radius 1 is 1.15 bits per heavy atom. The Hall–Kier alpha value is -2.89. The molecule has 0 aliphatic heterocycles. The predicted molar refractivity (Wildman–Crippen MR) is 101 cm³/mol. The summed E-state index contributed by atoms with van der Waals surface area (Å²) in [6.45, 7) is 6.37. The van der Waals surface area contributed by atoms with Crippen LogP contribution in [0.25, 0.3) is 0 Å². The van der Waals surface area contributed by atoms with E-state index in [1.165, 1.54) is 7.11 Å². The maximum atomic E-state index is 12.8. The second-order valence-electron chi connectivity index (χ2n) is 6.13. The zero-order valence-electron chi connectivity index (χ0n) is 15.6. The highest BCUT2D eigenvalue weighted by molar-refractivity contribution is 6.07. The Balaban J connectivity index is 2.41. The molecule has 26 heavy (non-hydrogen) atoms. The fourth-order valence-electron chi connectivity index (χ4n) is 2.71. The normalized spacial score (nSPS) is 10.5. The van der Waals surface area contributed by atoms with Gasteiger partial charge in [0.15, 0.2) is 0 Å². The van der Waals surface area contributed by atoms with Crippen molar-refractivity contribution in [1.29, 1.82) is 0 Å². The van der Waals surface area contributed by atoms with Gasteiger partial charge in [0.05, 0.1) is 18.4 Å². The van der Waals surface area contributed by atoms with Crippen molar-refractivity contribution in [3.05, 3.63) is 63.1 Å². The van der Waals surface area contributed by atoms with Gasteiger partial charge in [0.2, 0.25) is 0 Å². The number of anilines is 1. The second-order valence-corrected chi connectivity index (χ2v) is 6.13. The van der Waals surface area contributed by atoms with Gasteiger partial charge in [-0.2, -0.15) is 0 Å². The summed E-state index contributed by atoms with van der Waals surface area (Å²) in [4.78, 5) is 37.3. The Kier molecular flexibility index (Phi) is 6.33. The molecule has 0 fully saturated rings. The highest BCUT2D eigenvalue weighted by Gasteiger charge is 2.19. The first-order valence-corrected chi connectivity index (χ1v) is 8.60. The molecule has 0 saturated carbocycles. The van der Waals surface area contributed by atoms with E-state index in [2.05, 4.69) is 5.32 Å². The zero-order chi connectivity index (χ0) is 19.3. The molecule has 0 saturated heterocycles. The fraction of sp³-hybridized carbons (Fsp3) is 0.350. The Morgan fingerprint density at radius 2 is 1.85 bits per heavy atom. The summed E-state index contributed by atoms with van der Waals surface area (Å²) in [6.07, 6.45) is 1.81. The number of amides is 1. The molecular weight excluding hydrogens is 332 g/mol. The molecule has 0 aliphatic rings. The van der Waals surface area contributed by atoms with Gasteiger partial charge in [-0.15, -0.1) is 0 Å². The molecule has 0 spiro atoms. The number of rotatable bonds is 6. The molecule has 0 aliphatic carbocycles. The molecule has 6 nitrogen and oxygen atoms in total. The average Bonchev–Trinajstić information content (AvgIpc) is 2.64. The summed E-state index contributed by atoms with van der Waals surface area (Å²) in [5.74, 6) is -1.10. The number of unbranched alkanes of at least 4 members (excludes halogenated alkanes) is 1. The Bertz CT molecular complexity index is 884. The van der Waals surface area contributed by atoms with E-state index in [1.807, 2.05) is 20.8 Å². The van der Waals surface area contributed by atoms with Gasteiger partial charge in [-0.25, -0.2) is 4.79 Å². The molecule has 0 unspecified atom stereocenters. The first-order chi connectivity index (χ1) is 12.4. The molecule has 2 rings (SSSR count). The lowest BCUT2D eigenvalue weighted by Gasteiger charge is -2.15. The molecule has 0 radical (unpaired) electrons. The molecule has 1 heterocycles. The number of pyridine rings is 1. The standard InChI is InChI=1S/C20H24N2O4/c1-5-6-11-22-14(3)13(2)12-16(19(22)24)18(23)21-17-10-8-7-9-15(17)20(25)26-4/h7-10,12H,5-6,11H2,1-4H3,(H,21,23). The molecule has 1 N–H and O–H groups in total. The number of methoxy groups -OCH3 is 1. The average molecular weight is 356 g/mol. The lowest BCUT2D eigenvalue weighted by molar-refractivity contribution is 0.0602. The van der Waals surface area contributed by atoms with Crippen molar-refractivity contribution in [2.75, 3.05) is 12.4 Å². The maximum absolute atomic E-state index is 12.8. The second kappa shape index (κ2) is 8.47. The van der Waals surface area contributed by atoms with Crippen molar-refractivity contribution in [2.24, 2.45) is 0 Å². The topological polar surface area (TPSA) is 77.4 Å². The van der Waals surface area contributed by atoms with Crippen LogP contribution >= 0.6 is 0 Å². The van der Waals surface area contributed by atoms with E-state index in [0.717, 1.165) is 24.1 Å². The molecule has 0 bridgehead atoms. The van der Waals surface area contributed by atoms with Crippen LogP contribution in [0.1, 0.15) is 51.7 Å². The highest BCUT2D eigenvalue weighted by Crippen LogP contribution is 2.17. The number of carbonyl (C=O) groups is 2. The molecular formula is C20H24N2O4. The molecule has 6 heteroatoms. The smallest absolute Gasteiger partial charge is 0.339 e. The summed E-state index contributed by atoms with van der Waals surface area (Å²) >= 11 is 0. The van der Waals surface area contributed by atoms with Crippen LogP contribution < -0.4 is 10.9 Å². The minimum atomic E-state index is -0.554. The lowest BCUT2D eigenvalue weighted by Crippen LogP contribution is -2.31. The number of ether oxygens (including phenoxy) is 1. The number of para-hydroxylation sites is 1. The van der Waals surface area contributed by atoms with Crippen LogP contribution in [0.15, 0.2) is 35.1 Å². The van der Waals surface area contributed by atoms with Crippen LogP contribution in [-0.4, -0.2) is 23.6 Å². The first kappa shape index (κ1) is 19.4. The third-order valence-corrected chi connectivity index (χ3v) is 4.37. The van der Waals surface area contributed by atoms with Gasteiger partial charge in [0.1, 0.15) is 5.56 Å². The number of carbonyl (C=O) groups excluding carboxylic acids is 2. The van der Waals surface area contributed by atoms with E-state index in [0.29, 0.717) is 12.2 Å². The third kappa shape index (κ3) is 4.02. The number of nitrogens with one attached hydrogen (secondary N) is 1. The minimum absolute atomic E-state index is 0.0591. The van der Waals surface area contributed by atoms with Gasteiger partial charge in [-0.05, 0) is 44.0 Å². The van der Waals surface area contributed by atoms with Crippen LogP contribution in [0.5, 0.6) is 0 Å². The third-order valence-electron chi connectivity index (χ3n) is 4.37. The summed E-state index contributed by atoms with van der Waals surface area (Å²) in [7, 11) is 1.27. The Morgan fingerprint density at radius 3 is 2.50 bits per heavy atom. The van der Waals surface area contributed by atoms with Crippen LogP contribution in [0.2, 0.25) is 0 Å². The first-order valence-electron chi connectivity index (χ1n) is 8.60. The minimum Gasteiger partial charge on any atom is -0.465 e. The lowest BCUT2D eigenvalue weighted by atomic mass is 10.1. The number of aryl methyl sites for hydroxylation is 1. The molecule has 1 aromatic carbocycles. The number of hydrogen-bond donors (Lipinski definition) is 1. The molecule has 138 valence electrons. The van der Waals surface area contributed by atoms with Gasteiger partial charge in [0, 0.05) is 12.2 Å². The summed E-state index contributed by atoms with van der Waals surface area (Å²) in [5, 5.41) is 2.66. The van der Waals surface area contributed by atoms with E-state index < -0.39 is 11.9 Å². The van der Waals surface area contributed by atoms with Crippen molar-refractivity contribution in [2.45, 2.75) is 40.2 Å². The monoisotopic (exact) mass is 356 g/mol. The number of benzene rings is 1. The van der Waals surface area contributed by atoms with Crippen LogP contribution in [-0.2, 0) is 11.3 Å². The number of aromatic nitrogens is 1. The summed E-state index contributed by atoms with van der Waals surface area (Å²) < 4.78 is 6.37. The van der Waals surface area contributed by atoms with E-state index in [9.17, 15) is 14.4 Å². The molecule has 1 aromatic heterocycles. The van der Waals surface area contributed by atoms with E-state index >= 15 is 0 Å². The van der Waals surface area contributed by atoms with Gasteiger partial charge in [-0.1, -0.05) is 25.5 Å². The number of nitrogens with zero attached hydrogens (tertiary/aromatic N) is 1. The predicted octanol–water partition coefficient (Wildman–Crippen LogP) is 3.30. The van der Waals surface area contributed by atoms with Crippen molar-refractivity contribution < 1.29 is 14.3 Å². The van der Waals surface area contributed by atoms with E-state index in [-0.39, 0.29) is 16.7 Å². The Labute approximate surface area is 152 Å². The quantitative estimate of drug-likeness (QED) is 0.806.